The quantitative estimate of drug-likeness (QED) is 0.205. The van der Waals surface area contributed by atoms with Gasteiger partial charge in [0.2, 0.25) is 0 Å². The molecule has 0 spiro atoms. The summed E-state index contributed by atoms with van der Waals surface area (Å²) < 4.78 is 30.2. The van der Waals surface area contributed by atoms with E-state index in [1.165, 1.54) is 52.4 Å². The normalized spacial score (nSPS) is 34.5. The Morgan fingerprint density at radius 2 is 1.67 bits per heavy atom. The zero-order chi connectivity index (χ0) is 42.5. The van der Waals surface area contributed by atoms with E-state index >= 15 is 0 Å². The number of para-hydroxylation sites is 1. The Kier molecular flexibility index (Phi) is 11.9. The fraction of sp³-hybridized carbons (Fsp3) is 0.465. The van der Waals surface area contributed by atoms with Crippen molar-refractivity contribution < 1.29 is 63.9 Å². The van der Waals surface area contributed by atoms with Crippen molar-refractivity contribution in [1.82, 2.24) is 5.32 Å². The number of nitrogens with zero attached hydrogens (tertiary/aromatic N) is 1. The maximum Gasteiger partial charge on any atom is 0.302 e. The highest BCUT2D eigenvalue weighted by Gasteiger charge is 2.53. The van der Waals surface area contributed by atoms with Crippen LogP contribution in [0.1, 0.15) is 82.9 Å². The topological polar surface area (TPSA) is 226 Å². The lowest BCUT2D eigenvalue weighted by atomic mass is 9.78. The van der Waals surface area contributed by atoms with Crippen LogP contribution in [0.15, 0.2) is 70.8 Å². The molecule has 7 N–H and O–H groups in total. The van der Waals surface area contributed by atoms with Crippen LogP contribution in [0, 0.1) is 30.6 Å². The minimum Gasteiger partial charge on any atom is -0.507 e. The van der Waals surface area contributed by atoms with Gasteiger partial charge in [0.05, 0.1) is 30.3 Å². The molecule has 11 atom stereocenters. The highest BCUT2D eigenvalue weighted by Crippen LogP contribution is 2.56. The molecule has 1 aliphatic carbocycles. The smallest absolute Gasteiger partial charge is 0.302 e. The second kappa shape index (κ2) is 16.2. The number of aliphatic hydroxyl groups is 4. The van der Waals surface area contributed by atoms with Crippen molar-refractivity contribution >= 4 is 23.3 Å². The molecule has 2 unspecified atom stereocenters. The lowest BCUT2D eigenvalue weighted by Crippen LogP contribution is -2.46. The van der Waals surface area contributed by atoms with Gasteiger partial charge < -0.3 is 59.6 Å². The maximum absolute atomic E-state index is 13.8. The molecule has 6 rings (SSSR count). The summed E-state index contributed by atoms with van der Waals surface area (Å²) in [5.41, 5.74) is 0.233. The molecule has 4 aliphatic rings. The Morgan fingerprint density at radius 3 is 2.34 bits per heavy atom. The van der Waals surface area contributed by atoms with Gasteiger partial charge in [0.1, 0.15) is 40.9 Å². The van der Waals surface area contributed by atoms with Crippen molar-refractivity contribution in [1.29, 1.82) is 0 Å². The minimum absolute atomic E-state index is 0.0207. The maximum atomic E-state index is 13.8. The van der Waals surface area contributed by atoms with Gasteiger partial charge in [-0.05, 0) is 32.1 Å². The first-order valence-corrected chi connectivity index (χ1v) is 19.2. The van der Waals surface area contributed by atoms with Crippen molar-refractivity contribution in [3.05, 3.63) is 88.0 Å². The number of rotatable bonds is 2. The molecule has 3 heterocycles. The van der Waals surface area contributed by atoms with Crippen LogP contribution in [0.4, 0.5) is 5.69 Å². The van der Waals surface area contributed by atoms with E-state index in [1.807, 2.05) is 0 Å². The third-order valence-corrected chi connectivity index (χ3v) is 11.7. The number of esters is 1. The molecular formula is C43H52N2O13. The van der Waals surface area contributed by atoms with Gasteiger partial charge in [0.25, 0.3) is 11.7 Å². The number of benzene rings is 2. The third-order valence-electron chi connectivity index (χ3n) is 11.7. The van der Waals surface area contributed by atoms with E-state index in [2.05, 4.69) is 5.32 Å². The van der Waals surface area contributed by atoms with Crippen molar-refractivity contribution in [2.24, 2.45) is 28.7 Å². The zero-order valence-electron chi connectivity index (χ0n) is 33.9. The van der Waals surface area contributed by atoms with Crippen LogP contribution in [0.25, 0.3) is 0 Å². The van der Waals surface area contributed by atoms with Gasteiger partial charge >= 0.3 is 5.97 Å². The highest BCUT2D eigenvalue weighted by atomic mass is 16.7. The average Bonchev–Trinajstić information content (AvgIpc) is 3.45. The first kappa shape index (κ1) is 42.4. The number of aromatic hydroxyl groups is 2. The number of amides is 1. The lowest BCUT2D eigenvalue weighted by Gasteiger charge is -2.38. The number of allylic oxidation sites excluding steroid dienone is 3. The van der Waals surface area contributed by atoms with E-state index in [4.69, 9.17) is 28.7 Å². The number of hydrogen-bond donors (Lipinski definition) is 7. The number of aliphatic hydroxyl groups excluding tert-OH is 4. The summed E-state index contributed by atoms with van der Waals surface area (Å²) in [6, 6.07) is 4.49. The molecule has 3 aliphatic heterocycles. The predicted octanol–water partition coefficient (Wildman–Crippen LogP) is 4.70. The molecule has 15 nitrogen and oxygen atoms in total. The molecule has 0 radical (unpaired) electrons. The summed E-state index contributed by atoms with van der Waals surface area (Å²) in [6.45, 7) is 12.8. The van der Waals surface area contributed by atoms with Gasteiger partial charge in [-0.1, -0.05) is 52.0 Å². The van der Waals surface area contributed by atoms with E-state index in [-0.39, 0.29) is 67.9 Å². The molecule has 58 heavy (non-hydrogen) atoms. The first-order chi connectivity index (χ1) is 27.3. The van der Waals surface area contributed by atoms with Crippen LogP contribution < -0.4 is 14.8 Å². The monoisotopic (exact) mass is 804 g/mol. The first-order valence-electron chi connectivity index (χ1n) is 19.2. The van der Waals surface area contributed by atoms with Gasteiger partial charge in [-0.3, -0.25) is 9.59 Å². The van der Waals surface area contributed by atoms with Gasteiger partial charge in [-0.15, -0.1) is 0 Å². The SMILES string of the molecule is CO[C@H]1/C=C/O[C@@]2(C)Oc3c(C)c(O)c4c(c3C2O)C2=Nc3c(O)cccc3OC2=C(NC(=O)/C(C)=C\C=C\[C@H](C)[C@H](O)[C@@H](C)[C@@H](O)[C@@H](C)[C@H](OC(C)=O)[C@@H]1C)C4O. The Labute approximate surface area is 336 Å². The number of aliphatic imine (C=N–C) groups is 1. The van der Waals surface area contributed by atoms with E-state index in [1.54, 1.807) is 58.9 Å². The van der Waals surface area contributed by atoms with Gasteiger partial charge in [0, 0.05) is 72.5 Å². The number of nitrogens with one attached hydrogen (secondary N) is 1. The van der Waals surface area contributed by atoms with E-state index in [0.29, 0.717) is 0 Å². The van der Waals surface area contributed by atoms with Crippen LogP contribution in [-0.4, -0.2) is 85.5 Å². The number of fused-ring (bicyclic) bond motifs is 4. The third kappa shape index (κ3) is 7.37. The summed E-state index contributed by atoms with van der Waals surface area (Å²) in [5, 5.41) is 72.2. The number of phenolic OH excluding ortho intramolecular Hbond substituents is 2. The summed E-state index contributed by atoms with van der Waals surface area (Å²) in [5.74, 6) is -6.07. The van der Waals surface area contributed by atoms with Crippen LogP contribution in [0.3, 0.4) is 0 Å². The molecule has 0 saturated carbocycles. The Bertz CT molecular complexity index is 2140. The van der Waals surface area contributed by atoms with Crippen molar-refractivity contribution in [2.75, 3.05) is 7.11 Å². The minimum atomic E-state index is -1.84. The number of methoxy groups -OCH3 is 1. The Balaban J connectivity index is 1.53. The number of carbonyl (C=O) groups excluding carboxylic acids is 2. The highest BCUT2D eigenvalue weighted by molar-refractivity contribution is 6.19. The van der Waals surface area contributed by atoms with Gasteiger partial charge in [-0.2, -0.15) is 0 Å². The molecule has 2 aromatic carbocycles. The standard InChI is InChI=1S/C43H52N2O13/c1-18-12-10-13-19(2)42(53)45-33-37(51)29-28(32-40(33)57-27-15-11-14-25(47)31(27)44-32)30-39(23(6)36(29)50)58-43(8,41(30)52)55-17-16-26(54-9)20(3)38(56-24(7)46)22(5)35(49)21(4)34(18)48/h10-18,20-22,26,34-35,37-38,41,47-52H,1-9H3,(H,45,53)/b12-10+,17-16+,19-13-/t18-,20+,21+,22+,26-,34-,35+,37?,38+,41?,43-/m0/s1. The van der Waals surface area contributed by atoms with Crippen molar-refractivity contribution in [2.45, 2.75) is 97.8 Å². The second-order valence-corrected chi connectivity index (χ2v) is 15.7. The summed E-state index contributed by atoms with van der Waals surface area (Å²) in [4.78, 5) is 30.8. The van der Waals surface area contributed by atoms with E-state index in [0.717, 1.165) is 0 Å². The molecule has 312 valence electrons. The van der Waals surface area contributed by atoms with E-state index < -0.39 is 83.7 Å². The molecule has 0 fully saturated rings. The average molecular weight is 805 g/mol. The molecule has 0 aromatic heterocycles. The summed E-state index contributed by atoms with van der Waals surface area (Å²) in [7, 11) is 1.45. The van der Waals surface area contributed by atoms with Crippen LogP contribution in [0.2, 0.25) is 0 Å². The lowest BCUT2D eigenvalue weighted by molar-refractivity contribution is -0.181. The molecule has 15 heteroatoms. The molecule has 2 aromatic rings. The Morgan fingerprint density at radius 1 is 0.966 bits per heavy atom. The van der Waals surface area contributed by atoms with Crippen molar-refractivity contribution in [3.63, 3.8) is 0 Å². The number of ether oxygens (including phenoxy) is 5. The second-order valence-electron chi connectivity index (χ2n) is 15.7. The number of carbonyl (C=O) groups is 2. The van der Waals surface area contributed by atoms with Crippen LogP contribution in [0.5, 0.6) is 23.0 Å². The molecule has 5 bridgehead atoms. The fourth-order valence-electron chi connectivity index (χ4n) is 8.12. The Hall–Kier alpha value is -5.19. The fourth-order valence-corrected chi connectivity index (χ4v) is 8.12. The van der Waals surface area contributed by atoms with E-state index in [9.17, 15) is 40.2 Å². The number of phenols is 2. The summed E-state index contributed by atoms with van der Waals surface area (Å²) in [6.07, 6.45) is 0.475. The predicted molar refractivity (Wildman–Crippen MR) is 210 cm³/mol. The van der Waals surface area contributed by atoms with Crippen LogP contribution in [-0.2, 0) is 23.8 Å². The molecular weight excluding hydrogens is 752 g/mol. The van der Waals surface area contributed by atoms with Crippen molar-refractivity contribution in [3.8, 4) is 23.0 Å². The molecule has 0 saturated heterocycles. The summed E-state index contributed by atoms with van der Waals surface area (Å²) >= 11 is 0. The number of hydrogen-bond acceptors (Lipinski definition) is 14. The molecule has 1 amide bonds. The largest absolute Gasteiger partial charge is 0.507 e. The zero-order valence-corrected chi connectivity index (χ0v) is 33.9. The van der Waals surface area contributed by atoms with Crippen LogP contribution >= 0.6 is 0 Å². The van der Waals surface area contributed by atoms with Gasteiger partial charge in [0.15, 0.2) is 17.6 Å². The van der Waals surface area contributed by atoms with Gasteiger partial charge in [-0.25, -0.2) is 4.99 Å².